The lowest BCUT2D eigenvalue weighted by Gasteiger charge is -1.94. The van der Waals surface area contributed by atoms with E-state index in [1.165, 1.54) is 11.5 Å². The molecule has 2 aromatic rings. The molecule has 66 valence electrons. The van der Waals surface area contributed by atoms with Crippen molar-refractivity contribution in [3.8, 4) is 10.6 Å². The molecule has 0 saturated heterocycles. The topological polar surface area (TPSA) is 25.8 Å². The molecule has 0 unspecified atom stereocenters. The van der Waals surface area contributed by atoms with Gasteiger partial charge < -0.3 is 0 Å². The van der Waals surface area contributed by atoms with E-state index in [1.807, 2.05) is 31.2 Å². The molecular weight excluding hydrogens is 248 g/mol. The maximum absolute atomic E-state index is 4.31. The first kappa shape index (κ1) is 8.84. The average Bonchev–Trinajstić information content (AvgIpc) is 2.52. The van der Waals surface area contributed by atoms with Crippen LogP contribution in [0.5, 0.6) is 0 Å². The van der Waals surface area contributed by atoms with Crippen LogP contribution in [0.15, 0.2) is 28.7 Å². The quantitative estimate of drug-likeness (QED) is 0.781. The molecule has 0 fully saturated rings. The second kappa shape index (κ2) is 3.55. The molecule has 2 nitrogen and oxygen atoms in total. The Labute approximate surface area is 88.9 Å². The van der Waals surface area contributed by atoms with Crippen LogP contribution < -0.4 is 0 Å². The third kappa shape index (κ3) is 1.95. The van der Waals surface area contributed by atoms with Crippen molar-refractivity contribution in [2.24, 2.45) is 0 Å². The maximum atomic E-state index is 4.31. The molecule has 0 radical (unpaired) electrons. The van der Waals surface area contributed by atoms with Crippen LogP contribution in [0.4, 0.5) is 0 Å². The zero-order valence-corrected chi connectivity index (χ0v) is 9.39. The molecule has 0 aliphatic rings. The average molecular weight is 255 g/mol. The summed E-state index contributed by atoms with van der Waals surface area (Å²) < 4.78 is 5.21. The van der Waals surface area contributed by atoms with E-state index >= 15 is 0 Å². The number of hydrogen-bond donors (Lipinski definition) is 0. The van der Waals surface area contributed by atoms with Gasteiger partial charge in [0.25, 0.3) is 0 Å². The van der Waals surface area contributed by atoms with Gasteiger partial charge in [-0.25, -0.2) is 4.98 Å². The minimum atomic E-state index is 0.833. The van der Waals surface area contributed by atoms with E-state index in [1.54, 1.807) is 0 Å². The Kier molecular flexibility index (Phi) is 2.42. The van der Waals surface area contributed by atoms with Crippen molar-refractivity contribution in [3.05, 3.63) is 34.6 Å². The fourth-order valence-corrected chi connectivity index (χ4v) is 2.10. The molecule has 0 bridgehead atoms. The van der Waals surface area contributed by atoms with E-state index in [9.17, 15) is 0 Å². The molecular formula is C9H7BrN2S. The van der Waals surface area contributed by atoms with E-state index in [0.29, 0.717) is 0 Å². The Bertz CT molecular complexity index is 425. The van der Waals surface area contributed by atoms with Crippen molar-refractivity contribution in [2.75, 3.05) is 0 Å². The lowest BCUT2D eigenvalue weighted by Crippen LogP contribution is -1.76. The first-order valence-corrected chi connectivity index (χ1v) is 5.38. The van der Waals surface area contributed by atoms with E-state index in [-0.39, 0.29) is 0 Å². The molecule has 0 spiro atoms. The molecule has 0 atom stereocenters. The van der Waals surface area contributed by atoms with E-state index in [4.69, 9.17) is 0 Å². The maximum Gasteiger partial charge on any atom is 0.144 e. The van der Waals surface area contributed by atoms with Crippen molar-refractivity contribution < 1.29 is 0 Å². The van der Waals surface area contributed by atoms with Crippen molar-refractivity contribution in [3.63, 3.8) is 0 Å². The molecule has 1 heterocycles. The molecule has 13 heavy (non-hydrogen) atoms. The molecule has 0 aliphatic heterocycles. The number of benzene rings is 1. The Morgan fingerprint density at radius 1 is 1.38 bits per heavy atom. The third-order valence-corrected chi connectivity index (χ3v) is 2.95. The van der Waals surface area contributed by atoms with Crippen LogP contribution in [0.3, 0.4) is 0 Å². The van der Waals surface area contributed by atoms with Gasteiger partial charge in [0.2, 0.25) is 0 Å². The molecule has 0 saturated carbocycles. The summed E-state index contributed by atoms with van der Waals surface area (Å²) in [6.07, 6.45) is 0. The van der Waals surface area contributed by atoms with Crippen molar-refractivity contribution in [1.82, 2.24) is 9.36 Å². The van der Waals surface area contributed by atoms with Crippen LogP contribution in [0.1, 0.15) is 5.82 Å². The minimum absolute atomic E-state index is 0.833. The number of aryl methyl sites for hydroxylation is 1. The summed E-state index contributed by atoms with van der Waals surface area (Å²) in [6, 6.07) is 8.07. The molecule has 0 N–H and O–H groups in total. The summed E-state index contributed by atoms with van der Waals surface area (Å²) in [5, 5.41) is 0.971. The highest BCUT2D eigenvalue weighted by Crippen LogP contribution is 2.23. The van der Waals surface area contributed by atoms with E-state index in [0.717, 1.165) is 20.9 Å². The predicted molar refractivity (Wildman–Crippen MR) is 57.8 cm³/mol. The largest absolute Gasteiger partial charge is 0.220 e. The summed E-state index contributed by atoms with van der Waals surface area (Å²) in [7, 11) is 0. The molecule has 2 rings (SSSR count). The first-order chi connectivity index (χ1) is 6.25. The second-order valence-corrected chi connectivity index (χ2v) is 4.32. The van der Waals surface area contributed by atoms with Crippen molar-refractivity contribution in [1.29, 1.82) is 0 Å². The van der Waals surface area contributed by atoms with Crippen LogP contribution in [0, 0.1) is 6.92 Å². The van der Waals surface area contributed by atoms with Crippen molar-refractivity contribution >= 4 is 27.5 Å². The lowest BCUT2D eigenvalue weighted by molar-refractivity contribution is 1.17. The van der Waals surface area contributed by atoms with Gasteiger partial charge in [0.05, 0.1) is 0 Å². The minimum Gasteiger partial charge on any atom is -0.220 e. The number of hydrogen-bond acceptors (Lipinski definition) is 3. The Hall–Kier alpha value is -0.740. The van der Waals surface area contributed by atoms with Gasteiger partial charge in [-0.15, -0.1) is 0 Å². The summed E-state index contributed by atoms with van der Waals surface area (Å²) in [5.74, 6) is 0.833. The van der Waals surface area contributed by atoms with Gasteiger partial charge in [0, 0.05) is 10.0 Å². The number of nitrogens with zero attached hydrogens (tertiary/aromatic N) is 2. The monoisotopic (exact) mass is 254 g/mol. The fourth-order valence-electron chi connectivity index (χ4n) is 1.04. The summed E-state index contributed by atoms with van der Waals surface area (Å²) in [6.45, 7) is 1.90. The van der Waals surface area contributed by atoms with Crippen molar-refractivity contribution in [2.45, 2.75) is 6.92 Å². The Balaban J connectivity index is 2.46. The Morgan fingerprint density at radius 2 is 2.23 bits per heavy atom. The molecule has 1 aromatic carbocycles. The SMILES string of the molecule is Cc1nsc(-c2cccc(Br)c2)n1. The van der Waals surface area contributed by atoms with Crippen LogP contribution in [0.25, 0.3) is 10.6 Å². The fraction of sp³-hybridized carbons (Fsp3) is 0.111. The summed E-state index contributed by atoms with van der Waals surface area (Å²) >= 11 is 4.85. The molecule has 0 aliphatic carbocycles. The van der Waals surface area contributed by atoms with Gasteiger partial charge in [-0.3, -0.25) is 0 Å². The van der Waals surface area contributed by atoms with Gasteiger partial charge in [0.15, 0.2) is 0 Å². The van der Waals surface area contributed by atoms with Crippen LogP contribution in [0.2, 0.25) is 0 Å². The zero-order valence-electron chi connectivity index (χ0n) is 6.99. The molecule has 4 heteroatoms. The van der Waals surface area contributed by atoms with Gasteiger partial charge in [-0.1, -0.05) is 28.1 Å². The molecule has 0 amide bonds. The number of aromatic nitrogens is 2. The molecule has 1 aromatic heterocycles. The Morgan fingerprint density at radius 3 is 2.85 bits per heavy atom. The second-order valence-electron chi connectivity index (χ2n) is 2.66. The van der Waals surface area contributed by atoms with Crippen LogP contribution >= 0.6 is 27.5 Å². The van der Waals surface area contributed by atoms with Crippen LogP contribution in [-0.2, 0) is 0 Å². The first-order valence-electron chi connectivity index (χ1n) is 3.82. The van der Waals surface area contributed by atoms with Gasteiger partial charge >= 0.3 is 0 Å². The highest BCUT2D eigenvalue weighted by molar-refractivity contribution is 9.10. The summed E-state index contributed by atoms with van der Waals surface area (Å²) in [5.41, 5.74) is 1.11. The number of halogens is 1. The van der Waals surface area contributed by atoms with Crippen LogP contribution in [-0.4, -0.2) is 9.36 Å². The third-order valence-electron chi connectivity index (χ3n) is 1.60. The normalized spacial score (nSPS) is 10.3. The van der Waals surface area contributed by atoms with Gasteiger partial charge in [-0.2, -0.15) is 4.37 Å². The highest BCUT2D eigenvalue weighted by atomic mass is 79.9. The van der Waals surface area contributed by atoms with Gasteiger partial charge in [0.1, 0.15) is 10.8 Å². The number of rotatable bonds is 1. The zero-order chi connectivity index (χ0) is 9.26. The smallest absolute Gasteiger partial charge is 0.144 e. The van der Waals surface area contributed by atoms with Gasteiger partial charge in [-0.05, 0) is 30.6 Å². The highest BCUT2D eigenvalue weighted by Gasteiger charge is 2.02. The predicted octanol–water partition coefficient (Wildman–Crippen LogP) is 3.28. The standard InChI is InChI=1S/C9H7BrN2S/c1-6-11-9(13-12-6)7-3-2-4-8(10)5-7/h2-5H,1H3. The lowest BCUT2D eigenvalue weighted by atomic mass is 10.2. The van der Waals surface area contributed by atoms with E-state index < -0.39 is 0 Å². The van der Waals surface area contributed by atoms with E-state index in [2.05, 4.69) is 25.3 Å². The summed E-state index contributed by atoms with van der Waals surface area (Å²) in [4.78, 5) is 4.31.